The van der Waals surface area contributed by atoms with Crippen molar-refractivity contribution in [2.75, 3.05) is 5.32 Å². The Labute approximate surface area is 146 Å². The van der Waals surface area contributed by atoms with E-state index in [9.17, 15) is 9.18 Å². The zero-order valence-electron chi connectivity index (χ0n) is 12.4. The lowest BCUT2D eigenvalue weighted by Gasteiger charge is -2.08. The number of benzene rings is 2. The first-order valence-electron chi connectivity index (χ1n) is 7.08. The molecule has 0 saturated heterocycles. The molecule has 0 aliphatic carbocycles. The van der Waals surface area contributed by atoms with Crippen LogP contribution in [0.15, 0.2) is 71.3 Å². The molecule has 24 heavy (non-hydrogen) atoms. The van der Waals surface area contributed by atoms with Crippen LogP contribution in [0.25, 0.3) is 0 Å². The summed E-state index contributed by atoms with van der Waals surface area (Å²) >= 11 is 3.27. The summed E-state index contributed by atoms with van der Waals surface area (Å²) in [5, 5.41) is 2.53. The predicted octanol–water partition coefficient (Wildman–Crippen LogP) is 5.03. The molecule has 0 aliphatic rings. The molecule has 0 saturated carbocycles. The minimum atomic E-state index is -0.489. The number of nitrogens with zero attached hydrogens (tertiary/aromatic N) is 1. The van der Waals surface area contributed by atoms with Crippen molar-refractivity contribution in [3.63, 3.8) is 0 Å². The number of carbonyl (C=O) groups excluding carboxylic acids is 1. The number of aromatic nitrogens is 1. The summed E-state index contributed by atoms with van der Waals surface area (Å²) in [4.78, 5) is 16.4. The topological polar surface area (TPSA) is 51.2 Å². The number of pyridine rings is 1. The van der Waals surface area contributed by atoms with Crippen molar-refractivity contribution in [1.82, 2.24) is 4.98 Å². The largest absolute Gasteiger partial charge is 0.439 e. The Kier molecular flexibility index (Phi) is 4.86. The Balaban J connectivity index is 1.77. The smallest absolute Gasteiger partial charge is 0.255 e. The summed E-state index contributed by atoms with van der Waals surface area (Å²) in [6, 6.07) is 17.9. The van der Waals surface area contributed by atoms with Gasteiger partial charge in [0.15, 0.2) is 0 Å². The molecule has 1 aromatic heterocycles. The van der Waals surface area contributed by atoms with E-state index in [2.05, 4.69) is 26.2 Å². The van der Waals surface area contributed by atoms with Crippen molar-refractivity contribution in [3.05, 3.63) is 82.7 Å². The normalized spacial score (nSPS) is 10.2. The van der Waals surface area contributed by atoms with E-state index in [1.807, 2.05) is 0 Å². The molecule has 0 spiro atoms. The molecule has 120 valence electrons. The fourth-order valence-corrected chi connectivity index (χ4v) is 2.35. The lowest BCUT2D eigenvalue weighted by atomic mass is 10.2. The van der Waals surface area contributed by atoms with Gasteiger partial charge < -0.3 is 10.1 Å². The molecule has 6 heteroatoms. The fourth-order valence-electron chi connectivity index (χ4n) is 2.03. The van der Waals surface area contributed by atoms with E-state index < -0.39 is 11.7 Å². The number of ether oxygens (including phenoxy) is 1. The van der Waals surface area contributed by atoms with Crippen LogP contribution < -0.4 is 10.1 Å². The number of rotatable bonds is 4. The van der Waals surface area contributed by atoms with Crippen LogP contribution in [-0.4, -0.2) is 10.9 Å². The van der Waals surface area contributed by atoms with E-state index in [1.54, 1.807) is 54.6 Å². The average molecular weight is 387 g/mol. The standard InChI is InChI=1S/C18H12BrFN2O2/c19-16-9-4-10-17(22-16)24-13-6-3-5-12(11-13)18(23)21-15-8-2-1-7-14(15)20/h1-11H,(H,21,23). The maximum Gasteiger partial charge on any atom is 0.255 e. The molecule has 0 unspecified atom stereocenters. The Hall–Kier alpha value is -2.73. The van der Waals surface area contributed by atoms with E-state index in [-0.39, 0.29) is 5.69 Å². The van der Waals surface area contributed by atoms with Gasteiger partial charge in [0.05, 0.1) is 5.69 Å². The van der Waals surface area contributed by atoms with Gasteiger partial charge >= 0.3 is 0 Å². The summed E-state index contributed by atoms with van der Waals surface area (Å²) in [6.07, 6.45) is 0. The number of hydrogen-bond acceptors (Lipinski definition) is 3. The monoisotopic (exact) mass is 386 g/mol. The van der Waals surface area contributed by atoms with Crippen molar-refractivity contribution in [1.29, 1.82) is 0 Å². The maximum atomic E-state index is 13.6. The zero-order chi connectivity index (χ0) is 16.9. The summed E-state index contributed by atoms with van der Waals surface area (Å²) in [7, 11) is 0. The van der Waals surface area contributed by atoms with Gasteiger partial charge in [0.2, 0.25) is 5.88 Å². The molecule has 1 heterocycles. The van der Waals surface area contributed by atoms with E-state index in [0.717, 1.165) is 0 Å². The molecule has 0 atom stereocenters. The first-order valence-corrected chi connectivity index (χ1v) is 7.87. The molecule has 4 nitrogen and oxygen atoms in total. The van der Waals surface area contributed by atoms with Gasteiger partial charge in [-0.1, -0.05) is 24.3 Å². The minimum Gasteiger partial charge on any atom is -0.439 e. The third-order valence-electron chi connectivity index (χ3n) is 3.13. The van der Waals surface area contributed by atoms with Crippen LogP contribution >= 0.6 is 15.9 Å². The quantitative estimate of drug-likeness (QED) is 0.639. The van der Waals surface area contributed by atoms with Gasteiger partial charge in [0.1, 0.15) is 16.2 Å². The highest BCUT2D eigenvalue weighted by Crippen LogP contribution is 2.22. The van der Waals surface area contributed by atoms with E-state index in [1.165, 1.54) is 12.1 Å². The second-order valence-corrected chi connectivity index (χ2v) is 5.67. The number of nitrogens with one attached hydrogen (secondary N) is 1. The molecule has 0 aliphatic heterocycles. The van der Waals surface area contributed by atoms with Crippen LogP contribution in [0, 0.1) is 5.82 Å². The predicted molar refractivity (Wildman–Crippen MR) is 92.8 cm³/mol. The molecule has 3 rings (SSSR count). The number of hydrogen-bond donors (Lipinski definition) is 1. The third kappa shape index (κ3) is 3.97. The highest BCUT2D eigenvalue weighted by molar-refractivity contribution is 9.10. The average Bonchev–Trinajstić information content (AvgIpc) is 2.57. The lowest BCUT2D eigenvalue weighted by molar-refractivity contribution is 0.102. The fraction of sp³-hybridized carbons (Fsp3) is 0. The molecule has 2 aromatic carbocycles. The summed E-state index contributed by atoms with van der Waals surface area (Å²) in [6.45, 7) is 0. The van der Waals surface area contributed by atoms with Gasteiger partial charge in [-0.3, -0.25) is 4.79 Å². The van der Waals surface area contributed by atoms with Crippen molar-refractivity contribution in [3.8, 4) is 11.6 Å². The second-order valence-electron chi connectivity index (χ2n) is 4.86. The maximum absolute atomic E-state index is 13.6. The Morgan fingerprint density at radius 3 is 2.62 bits per heavy atom. The van der Waals surface area contributed by atoms with Crippen molar-refractivity contribution in [2.24, 2.45) is 0 Å². The van der Waals surface area contributed by atoms with Crippen LogP contribution in [-0.2, 0) is 0 Å². The Morgan fingerprint density at radius 2 is 1.83 bits per heavy atom. The second kappa shape index (κ2) is 7.23. The SMILES string of the molecule is O=C(Nc1ccccc1F)c1cccc(Oc2cccc(Br)n2)c1. The van der Waals surface area contributed by atoms with Gasteiger partial charge in [0.25, 0.3) is 5.91 Å². The van der Waals surface area contributed by atoms with Crippen molar-refractivity contribution >= 4 is 27.5 Å². The molecule has 0 radical (unpaired) electrons. The van der Waals surface area contributed by atoms with Crippen molar-refractivity contribution < 1.29 is 13.9 Å². The molecule has 1 N–H and O–H groups in total. The van der Waals surface area contributed by atoms with E-state index >= 15 is 0 Å². The number of carbonyl (C=O) groups is 1. The number of para-hydroxylation sites is 1. The number of anilines is 1. The van der Waals surface area contributed by atoms with Gasteiger partial charge in [-0.25, -0.2) is 9.37 Å². The lowest BCUT2D eigenvalue weighted by Crippen LogP contribution is -2.12. The molecule has 0 fully saturated rings. The molecule has 1 amide bonds. The number of halogens is 2. The van der Waals surface area contributed by atoms with Gasteiger partial charge in [-0.2, -0.15) is 0 Å². The van der Waals surface area contributed by atoms with Crippen LogP contribution in [0.1, 0.15) is 10.4 Å². The highest BCUT2D eigenvalue weighted by atomic mass is 79.9. The van der Waals surface area contributed by atoms with Crippen LogP contribution in [0.3, 0.4) is 0 Å². The molecular formula is C18H12BrFN2O2. The Morgan fingerprint density at radius 1 is 1.04 bits per heavy atom. The van der Waals surface area contributed by atoms with Gasteiger partial charge in [-0.05, 0) is 52.3 Å². The zero-order valence-corrected chi connectivity index (χ0v) is 14.0. The summed E-state index contributed by atoms with van der Waals surface area (Å²) in [5.74, 6) is -0.0536. The van der Waals surface area contributed by atoms with Crippen LogP contribution in [0.4, 0.5) is 10.1 Å². The first kappa shape index (κ1) is 16.1. The van der Waals surface area contributed by atoms with E-state index in [0.29, 0.717) is 21.8 Å². The van der Waals surface area contributed by atoms with Crippen molar-refractivity contribution in [2.45, 2.75) is 0 Å². The van der Waals surface area contributed by atoms with Crippen LogP contribution in [0.2, 0.25) is 0 Å². The summed E-state index contributed by atoms with van der Waals surface area (Å²) < 4.78 is 19.9. The van der Waals surface area contributed by atoms with Gasteiger partial charge in [0, 0.05) is 11.6 Å². The molecular weight excluding hydrogens is 375 g/mol. The highest BCUT2D eigenvalue weighted by Gasteiger charge is 2.10. The molecule has 3 aromatic rings. The summed E-state index contributed by atoms with van der Waals surface area (Å²) in [5.41, 5.74) is 0.480. The third-order valence-corrected chi connectivity index (χ3v) is 3.57. The van der Waals surface area contributed by atoms with Gasteiger partial charge in [-0.15, -0.1) is 0 Å². The van der Waals surface area contributed by atoms with E-state index in [4.69, 9.17) is 4.74 Å². The van der Waals surface area contributed by atoms with Crippen LogP contribution in [0.5, 0.6) is 11.6 Å². The number of amides is 1. The molecule has 0 bridgehead atoms. The Bertz CT molecular complexity index is 886. The first-order chi connectivity index (χ1) is 11.6. The minimum absolute atomic E-state index is 0.127.